The molecule has 0 aliphatic carbocycles. The van der Waals surface area contributed by atoms with Gasteiger partial charge in [0.25, 0.3) is 0 Å². The third-order valence-corrected chi connectivity index (χ3v) is 3.19. The molecule has 0 spiro atoms. The number of rotatable bonds is 4. The highest BCUT2D eigenvalue weighted by Crippen LogP contribution is 2.34. The van der Waals surface area contributed by atoms with Crippen LogP contribution >= 0.6 is 0 Å². The number of anilines is 1. The van der Waals surface area contributed by atoms with E-state index in [1.165, 1.54) is 0 Å². The fourth-order valence-electron chi connectivity index (χ4n) is 2.18. The van der Waals surface area contributed by atoms with Gasteiger partial charge in [0.05, 0.1) is 13.0 Å². The maximum absolute atomic E-state index is 11.9. The molecule has 2 atom stereocenters. The fraction of sp³-hybridized carbons (Fsp3) is 0.385. The minimum atomic E-state index is -0.319. The number of methoxy groups -OCH3 is 1. The van der Waals surface area contributed by atoms with Gasteiger partial charge >= 0.3 is 0 Å². The van der Waals surface area contributed by atoms with Gasteiger partial charge in [-0.1, -0.05) is 6.92 Å². The summed E-state index contributed by atoms with van der Waals surface area (Å²) in [5, 5.41) is 0. The third kappa shape index (κ3) is 1.79. The molecule has 1 aromatic rings. The molecule has 4 nitrogen and oxygen atoms in total. The van der Waals surface area contributed by atoms with E-state index in [2.05, 4.69) is 0 Å². The number of carbonyl (C=O) groups is 2. The van der Waals surface area contributed by atoms with E-state index in [1.807, 2.05) is 6.92 Å². The van der Waals surface area contributed by atoms with E-state index in [1.54, 1.807) is 36.3 Å². The molecule has 2 rings (SSSR count). The summed E-state index contributed by atoms with van der Waals surface area (Å²) in [6.45, 7) is 1.92. The van der Waals surface area contributed by atoms with Crippen molar-refractivity contribution in [2.24, 2.45) is 5.92 Å². The Labute approximate surface area is 100 Å². The summed E-state index contributed by atoms with van der Waals surface area (Å²) in [6.07, 6.45) is 1.55. The molecule has 17 heavy (non-hydrogen) atoms. The summed E-state index contributed by atoms with van der Waals surface area (Å²) in [6, 6.07) is 6.83. The van der Waals surface area contributed by atoms with Crippen LogP contribution in [0.25, 0.3) is 0 Å². The molecule has 90 valence electrons. The molecule has 1 amide bonds. The van der Waals surface area contributed by atoms with Crippen LogP contribution < -0.4 is 9.64 Å². The number of hydrogen-bond donors (Lipinski definition) is 0. The lowest BCUT2D eigenvalue weighted by molar-refractivity contribution is -0.134. The Morgan fingerprint density at radius 2 is 2.00 bits per heavy atom. The second kappa shape index (κ2) is 4.57. The van der Waals surface area contributed by atoms with Gasteiger partial charge < -0.3 is 14.4 Å². The number of β-lactam (4-membered cyclic amide) rings is 1. The normalized spacial score (nSPS) is 23.2. The largest absolute Gasteiger partial charge is 0.497 e. The van der Waals surface area contributed by atoms with Gasteiger partial charge in [0.1, 0.15) is 18.1 Å². The van der Waals surface area contributed by atoms with Gasteiger partial charge in [-0.2, -0.15) is 0 Å². The van der Waals surface area contributed by atoms with Crippen molar-refractivity contribution in [3.05, 3.63) is 24.3 Å². The molecular formula is C13H15NO3. The van der Waals surface area contributed by atoms with Gasteiger partial charge in [0.2, 0.25) is 5.91 Å². The number of benzene rings is 1. The Kier molecular flexibility index (Phi) is 3.13. The fourth-order valence-corrected chi connectivity index (χ4v) is 2.18. The van der Waals surface area contributed by atoms with E-state index in [0.29, 0.717) is 6.42 Å². The SMILES string of the molecule is CC[C@H]1C(=O)N(c2ccc(OC)cc2)[C@@H]1C=O. The van der Waals surface area contributed by atoms with Gasteiger partial charge in [0, 0.05) is 5.69 Å². The molecular weight excluding hydrogens is 218 g/mol. The first-order chi connectivity index (χ1) is 8.22. The average Bonchev–Trinajstić information content (AvgIpc) is 2.37. The van der Waals surface area contributed by atoms with Crippen LogP contribution in [0.4, 0.5) is 5.69 Å². The van der Waals surface area contributed by atoms with Crippen LogP contribution in [0, 0.1) is 5.92 Å². The molecule has 0 unspecified atom stereocenters. The average molecular weight is 233 g/mol. The van der Waals surface area contributed by atoms with Crippen molar-refractivity contribution in [1.82, 2.24) is 0 Å². The highest BCUT2D eigenvalue weighted by atomic mass is 16.5. The van der Waals surface area contributed by atoms with Crippen LogP contribution in [-0.2, 0) is 9.59 Å². The second-order valence-electron chi connectivity index (χ2n) is 4.05. The third-order valence-electron chi connectivity index (χ3n) is 3.19. The molecule has 1 heterocycles. The van der Waals surface area contributed by atoms with Crippen molar-refractivity contribution < 1.29 is 14.3 Å². The van der Waals surface area contributed by atoms with Crippen molar-refractivity contribution in [2.75, 3.05) is 12.0 Å². The summed E-state index contributed by atoms with van der Waals surface area (Å²) < 4.78 is 5.05. The number of carbonyl (C=O) groups excluding carboxylic acids is 2. The van der Waals surface area contributed by atoms with Gasteiger partial charge in [-0.3, -0.25) is 4.79 Å². The van der Waals surface area contributed by atoms with Crippen molar-refractivity contribution in [3.8, 4) is 5.75 Å². The van der Waals surface area contributed by atoms with E-state index in [-0.39, 0.29) is 17.9 Å². The van der Waals surface area contributed by atoms with Crippen LogP contribution in [0.15, 0.2) is 24.3 Å². The van der Waals surface area contributed by atoms with Gasteiger partial charge in [-0.25, -0.2) is 0 Å². The van der Waals surface area contributed by atoms with Crippen molar-refractivity contribution in [1.29, 1.82) is 0 Å². The monoisotopic (exact) mass is 233 g/mol. The first-order valence-electron chi connectivity index (χ1n) is 5.65. The minimum Gasteiger partial charge on any atom is -0.497 e. The predicted octanol–water partition coefficient (Wildman–Crippen LogP) is 1.64. The Balaban J connectivity index is 2.22. The van der Waals surface area contributed by atoms with E-state index in [4.69, 9.17) is 4.74 Å². The van der Waals surface area contributed by atoms with Gasteiger partial charge in [0.15, 0.2) is 0 Å². The predicted molar refractivity (Wildman–Crippen MR) is 64.1 cm³/mol. The number of hydrogen-bond acceptors (Lipinski definition) is 3. The van der Waals surface area contributed by atoms with E-state index in [0.717, 1.165) is 17.7 Å². The molecule has 0 saturated carbocycles. The Bertz CT molecular complexity index is 427. The lowest BCUT2D eigenvalue weighted by atomic mass is 9.85. The van der Waals surface area contributed by atoms with Crippen molar-refractivity contribution in [2.45, 2.75) is 19.4 Å². The quantitative estimate of drug-likeness (QED) is 0.586. The highest BCUT2D eigenvalue weighted by molar-refractivity contribution is 6.08. The standard InChI is InChI=1S/C13H15NO3/c1-3-11-12(8-15)14(13(11)16)9-4-6-10(17-2)7-5-9/h4-8,11-12H,3H2,1-2H3/t11-,12-/m1/s1. The number of ether oxygens (including phenoxy) is 1. The molecule has 0 bridgehead atoms. The zero-order valence-electron chi connectivity index (χ0n) is 9.92. The van der Waals surface area contributed by atoms with Crippen molar-refractivity contribution in [3.63, 3.8) is 0 Å². The zero-order valence-corrected chi connectivity index (χ0v) is 9.92. The summed E-state index contributed by atoms with van der Waals surface area (Å²) >= 11 is 0. The first kappa shape index (κ1) is 11.6. The van der Waals surface area contributed by atoms with E-state index in [9.17, 15) is 9.59 Å². The molecule has 1 saturated heterocycles. The molecule has 0 N–H and O–H groups in total. The maximum Gasteiger partial charge on any atom is 0.233 e. The van der Waals surface area contributed by atoms with Crippen LogP contribution in [0.3, 0.4) is 0 Å². The summed E-state index contributed by atoms with van der Waals surface area (Å²) in [5.41, 5.74) is 0.748. The Hall–Kier alpha value is -1.84. The molecule has 1 aromatic carbocycles. The van der Waals surface area contributed by atoms with E-state index < -0.39 is 0 Å². The van der Waals surface area contributed by atoms with Gasteiger partial charge in [-0.15, -0.1) is 0 Å². The van der Waals surface area contributed by atoms with Crippen molar-refractivity contribution >= 4 is 17.9 Å². The number of amides is 1. The molecule has 1 fully saturated rings. The molecule has 1 aliphatic rings. The topological polar surface area (TPSA) is 46.6 Å². The first-order valence-corrected chi connectivity index (χ1v) is 5.65. The van der Waals surface area contributed by atoms with E-state index >= 15 is 0 Å². The second-order valence-corrected chi connectivity index (χ2v) is 4.05. The number of aldehydes is 1. The van der Waals surface area contributed by atoms with Crippen LogP contribution in [0.5, 0.6) is 5.75 Å². The van der Waals surface area contributed by atoms with Gasteiger partial charge in [-0.05, 0) is 30.7 Å². The smallest absolute Gasteiger partial charge is 0.233 e. The Morgan fingerprint density at radius 1 is 1.35 bits per heavy atom. The summed E-state index contributed by atoms with van der Waals surface area (Å²) in [7, 11) is 1.59. The summed E-state index contributed by atoms with van der Waals surface area (Å²) in [4.78, 5) is 24.4. The van der Waals surface area contributed by atoms with Crippen LogP contribution in [0.2, 0.25) is 0 Å². The molecule has 1 aliphatic heterocycles. The molecule has 0 aromatic heterocycles. The Morgan fingerprint density at radius 3 is 2.47 bits per heavy atom. The van der Waals surface area contributed by atoms with Crippen LogP contribution in [0.1, 0.15) is 13.3 Å². The lowest BCUT2D eigenvalue weighted by Crippen LogP contribution is -2.62. The van der Waals surface area contributed by atoms with Crippen LogP contribution in [-0.4, -0.2) is 25.3 Å². The number of nitrogens with zero attached hydrogens (tertiary/aromatic N) is 1. The maximum atomic E-state index is 11.9. The molecule has 0 radical (unpaired) electrons. The lowest BCUT2D eigenvalue weighted by Gasteiger charge is -2.43. The summed E-state index contributed by atoms with van der Waals surface area (Å²) in [5.74, 6) is 0.598. The minimum absolute atomic E-state index is 0.0229. The highest BCUT2D eigenvalue weighted by Gasteiger charge is 2.46. The molecule has 4 heteroatoms. The zero-order chi connectivity index (χ0) is 12.4.